The van der Waals surface area contributed by atoms with Crippen LogP contribution in [0.1, 0.15) is 20.3 Å². The van der Waals surface area contributed by atoms with Crippen LogP contribution in [0.4, 0.5) is 0 Å². The molecule has 0 aromatic carbocycles. The number of aliphatic hydroxyl groups is 3. The summed E-state index contributed by atoms with van der Waals surface area (Å²) in [6.45, 7) is 3.08. The van der Waals surface area contributed by atoms with E-state index >= 15 is 0 Å². The number of hydrogen-bond acceptors (Lipinski definition) is 3. The van der Waals surface area contributed by atoms with Gasteiger partial charge in [0, 0.05) is 6.42 Å². The molecular formula is C6H12O3. The van der Waals surface area contributed by atoms with E-state index in [9.17, 15) is 0 Å². The first-order valence-corrected chi connectivity index (χ1v) is 2.88. The van der Waals surface area contributed by atoms with Crippen molar-refractivity contribution in [2.75, 3.05) is 0 Å². The Labute approximate surface area is 54.3 Å². The molecule has 1 atom stereocenters. The molecule has 0 radical (unpaired) electrons. The number of allylic oxidation sites excluding steroid dienone is 1. The summed E-state index contributed by atoms with van der Waals surface area (Å²) >= 11 is 0. The summed E-state index contributed by atoms with van der Waals surface area (Å²) in [4.78, 5) is 0. The quantitative estimate of drug-likeness (QED) is 0.493. The molecule has 0 aliphatic carbocycles. The van der Waals surface area contributed by atoms with E-state index < -0.39 is 6.10 Å². The van der Waals surface area contributed by atoms with Gasteiger partial charge in [0.25, 0.3) is 0 Å². The monoisotopic (exact) mass is 132 g/mol. The van der Waals surface area contributed by atoms with Crippen LogP contribution >= 0.6 is 0 Å². The van der Waals surface area contributed by atoms with Gasteiger partial charge in [-0.15, -0.1) is 0 Å². The Balaban J connectivity index is 4.10. The molecule has 54 valence electrons. The first-order chi connectivity index (χ1) is 4.09. The van der Waals surface area contributed by atoms with E-state index in [-0.39, 0.29) is 11.5 Å². The zero-order valence-corrected chi connectivity index (χ0v) is 5.63. The number of hydrogen-bond donors (Lipinski definition) is 3. The molecule has 3 heteroatoms. The zero-order valence-electron chi connectivity index (χ0n) is 5.63. The van der Waals surface area contributed by atoms with Crippen molar-refractivity contribution in [3.05, 3.63) is 11.5 Å². The smallest absolute Gasteiger partial charge is 0.158 e. The molecule has 3 nitrogen and oxygen atoms in total. The van der Waals surface area contributed by atoms with Crippen LogP contribution in [0, 0.1) is 0 Å². The minimum absolute atomic E-state index is 0.148. The van der Waals surface area contributed by atoms with Gasteiger partial charge in [-0.2, -0.15) is 0 Å². The Morgan fingerprint density at radius 1 is 1.44 bits per heavy atom. The second kappa shape index (κ2) is 3.35. The van der Waals surface area contributed by atoms with E-state index in [4.69, 9.17) is 15.3 Å². The first-order valence-electron chi connectivity index (χ1n) is 2.88. The molecular weight excluding hydrogens is 120 g/mol. The van der Waals surface area contributed by atoms with Gasteiger partial charge in [0.1, 0.15) is 11.9 Å². The third-order valence-electron chi connectivity index (χ3n) is 1.03. The van der Waals surface area contributed by atoms with Crippen molar-refractivity contribution in [2.45, 2.75) is 26.4 Å². The van der Waals surface area contributed by atoms with E-state index in [1.807, 2.05) is 0 Å². The lowest BCUT2D eigenvalue weighted by Gasteiger charge is -2.03. The van der Waals surface area contributed by atoms with Crippen LogP contribution in [0.2, 0.25) is 0 Å². The molecule has 1 unspecified atom stereocenters. The molecule has 0 aliphatic heterocycles. The molecule has 0 saturated carbocycles. The van der Waals surface area contributed by atoms with Crippen molar-refractivity contribution < 1.29 is 15.3 Å². The highest BCUT2D eigenvalue weighted by atomic mass is 16.3. The Morgan fingerprint density at radius 3 is 2.00 bits per heavy atom. The van der Waals surface area contributed by atoms with Crippen LogP contribution in [0.15, 0.2) is 11.5 Å². The topological polar surface area (TPSA) is 60.7 Å². The minimum atomic E-state index is -0.968. The van der Waals surface area contributed by atoms with Crippen molar-refractivity contribution >= 4 is 0 Å². The SMILES string of the molecule is CC/C(O)=C(/O)C(C)O. The van der Waals surface area contributed by atoms with Crippen molar-refractivity contribution in [1.29, 1.82) is 0 Å². The fourth-order valence-corrected chi connectivity index (χ4v) is 0.422. The first kappa shape index (κ1) is 8.30. The molecule has 0 spiro atoms. The van der Waals surface area contributed by atoms with Gasteiger partial charge >= 0.3 is 0 Å². The van der Waals surface area contributed by atoms with Crippen molar-refractivity contribution in [3.8, 4) is 0 Å². The molecule has 0 aromatic heterocycles. The molecule has 9 heavy (non-hydrogen) atoms. The van der Waals surface area contributed by atoms with Crippen molar-refractivity contribution in [1.82, 2.24) is 0 Å². The highest BCUT2D eigenvalue weighted by molar-refractivity contribution is 5.01. The highest BCUT2D eigenvalue weighted by Crippen LogP contribution is 2.05. The van der Waals surface area contributed by atoms with E-state index in [2.05, 4.69) is 0 Å². The molecule has 0 aliphatic rings. The van der Waals surface area contributed by atoms with E-state index in [0.29, 0.717) is 6.42 Å². The Hall–Kier alpha value is -0.700. The fraction of sp³-hybridized carbons (Fsp3) is 0.667. The van der Waals surface area contributed by atoms with Gasteiger partial charge in [0.2, 0.25) is 0 Å². The summed E-state index contributed by atoms with van der Waals surface area (Å²) in [5.74, 6) is -0.484. The van der Waals surface area contributed by atoms with E-state index in [1.165, 1.54) is 6.92 Å². The summed E-state index contributed by atoms with van der Waals surface area (Å²) in [5.41, 5.74) is 0. The van der Waals surface area contributed by atoms with Gasteiger partial charge < -0.3 is 15.3 Å². The van der Waals surface area contributed by atoms with Gasteiger partial charge in [-0.1, -0.05) is 6.92 Å². The highest BCUT2D eigenvalue weighted by Gasteiger charge is 2.06. The van der Waals surface area contributed by atoms with Gasteiger partial charge in [-0.05, 0) is 6.92 Å². The van der Waals surface area contributed by atoms with Crippen LogP contribution < -0.4 is 0 Å². The second-order valence-corrected chi connectivity index (χ2v) is 1.86. The van der Waals surface area contributed by atoms with Gasteiger partial charge in [-0.25, -0.2) is 0 Å². The molecule has 3 N–H and O–H groups in total. The van der Waals surface area contributed by atoms with Gasteiger partial charge in [0.15, 0.2) is 5.76 Å². The molecule has 0 aromatic rings. The Morgan fingerprint density at radius 2 is 1.89 bits per heavy atom. The van der Waals surface area contributed by atoms with E-state index in [1.54, 1.807) is 6.92 Å². The predicted octanol–water partition coefficient (Wildman–Crippen LogP) is 1.10. The maximum atomic E-state index is 8.77. The number of rotatable bonds is 2. The summed E-state index contributed by atoms with van der Waals surface area (Å²) < 4.78 is 0. The van der Waals surface area contributed by atoms with Crippen LogP contribution in [0.5, 0.6) is 0 Å². The minimum Gasteiger partial charge on any atom is -0.509 e. The average molecular weight is 132 g/mol. The average Bonchev–Trinajstić information content (AvgIpc) is 1.84. The predicted molar refractivity (Wildman–Crippen MR) is 34.3 cm³/mol. The Kier molecular flexibility index (Phi) is 3.09. The lowest BCUT2D eigenvalue weighted by molar-refractivity contribution is 0.153. The lowest BCUT2D eigenvalue weighted by atomic mass is 10.2. The van der Waals surface area contributed by atoms with Gasteiger partial charge in [-0.3, -0.25) is 0 Å². The largest absolute Gasteiger partial charge is 0.509 e. The van der Waals surface area contributed by atoms with Crippen LogP contribution in [0.3, 0.4) is 0 Å². The van der Waals surface area contributed by atoms with Crippen molar-refractivity contribution in [2.24, 2.45) is 0 Å². The summed E-state index contributed by atoms with van der Waals surface area (Å²) in [6.07, 6.45) is -0.624. The lowest BCUT2D eigenvalue weighted by Crippen LogP contribution is -2.06. The van der Waals surface area contributed by atoms with Crippen molar-refractivity contribution in [3.63, 3.8) is 0 Å². The maximum Gasteiger partial charge on any atom is 0.158 e. The Bertz CT molecular complexity index is 115. The molecule has 0 saturated heterocycles. The van der Waals surface area contributed by atoms with Crippen LogP contribution in [-0.4, -0.2) is 21.4 Å². The molecule has 0 amide bonds. The summed E-state index contributed by atoms with van der Waals surface area (Å²) in [6, 6.07) is 0. The maximum absolute atomic E-state index is 8.77. The van der Waals surface area contributed by atoms with E-state index in [0.717, 1.165) is 0 Å². The zero-order chi connectivity index (χ0) is 7.44. The van der Waals surface area contributed by atoms with Crippen LogP contribution in [0.25, 0.3) is 0 Å². The number of aliphatic hydroxyl groups excluding tert-OH is 3. The third-order valence-corrected chi connectivity index (χ3v) is 1.03. The molecule has 0 heterocycles. The normalized spacial score (nSPS) is 16.8. The fourth-order valence-electron chi connectivity index (χ4n) is 0.422. The third kappa shape index (κ3) is 2.37. The molecule has 0 rings (SSSR count). The molecule has 0 bridgehead atoms. The van der Waals surface area contributed by atoms with Gasteiger partial charge in [0.05, 0.1) is 0 Å². The summed E-state index contributed by atoms with van der Waals surface area (Å²) in [7, 11) is 0. The standard InChI is InChI=1S/C6H12O3/c1-3-5(8)6(9)4(2)7/h4,7-9H,3H2,1-2H3/b6-5-. The molecule has 0 fully saturated rings. The second-order valence-electron chi connectivity index (χ2n) is 1.86. The summed E-state index contributed by atoms with van der Waals surface area (Å²) in [5, 5.41) is 26.2. The van der Waals surface area contributed by atoms with Crippen LogP contribution in [-0.2, 0) is 0 Å².